The van der Waals surface area contributed by atoms with E-state index >= 15 is 0 Å². The van der Waals surface area contributed by atoms with Crippen molar-refractivity contribution in [2.75, 3.05) is 11.9 Å². The monoisotopic (exact) mass is 358 g/mol. The first-order valence-electron chi connectivity index (χ1n) is 7.90. The second-order valence-electron chi connectivity index (χ2n) is 5.82. The Morgan fingerprint density at radius 3 is 2.65 bits per heavy atom. The van der Waals surface area contributed by atoms with Crippen LogP contribution in [0.5, 0.6) is 0 Å². The number of halogens is 2. The number of nitrogens with zero attached hydrogens (tertiary/aromatic N) is 1. The molecule has 0 bridgehead atoms. The van der Waals surface area contributed by atoms with Crippen molar-refractivity contribution in [2.24, 2.45) is 0 Å². The molecule has 2 aromatic carbocycles. The van der Waals surface area contributed by atoms with E-state index in [2.05, 4.69) is 5.32 Å². The number of hydrogen-bond acceptors (Lipinski definition) is 3. The zero-order valence-electron chi connectivity index (χ0n) is 13.9. The Labute approximate surface area is 148 Å². The Morgan fingerprint density at radius 2 is 1.96 bits per heavy atom. The highest BCUT2D eigenvalue weighted by Crippen LogP contribution is 2.34. The van der Waals surface area contributed by atoms with Crippen LogP contribution in [-0.4, -0.2) is 24.0 Å². The summed E-state index contributed by atoms with van der Waals surface area (Å²) in [5.74, 6) is -2.84. The second kappa shape index (κ2) is 6.95. The highest BCUT2D eigenvalue weighted by molar-refractivity contribution is 6.10. The van der Waals surface area contributed by atoms with Gasteiger partial charge in [-0.2, -0.15) is 0 Å². The molecule has 0 saturated heterocycles. The number of benzene rings is 2. The van der Waals surface area contributed by atoms with E-state index in [-0.39, 0.29) is 29.9 Å². The van der Waals surface area contributed by atoms with Crippen LogP contribution in [0.15, 0.2) is 48.0 Å². The highest BCUT2D eigenvalue weighted by Gasteiger charge is 2.30. The number of aliphatic hydroxyl groups excluding tert-OH is 1. The van der Waals surface area contributed by atoms with Crippen LogP contribution in [0.1, 0.15) is 17.5 Å². The summed E-state index contributed by atoms with van der Waals surface area (Å²) >= 11 is 0. The largest absolute Gasteiger partial charge is 0.507 e. The molecule has 1 heterocycles. The minimum Gasteiger partial charge on any atom is -0.507 e. The van der Waals surface area contributed by atoms with Crippen molar-refractivity contribution < 1.29 is 23.5 Å². The fourth-order valence-corrected chi connectivity index (χ4v) is 2.87. The first-order valence-corrected chi connectivity index (χ1v) is 7.90. The van der Waals surface area contributed by atoms with Gasteiger partial charge in [-0.05, 0) is 18.2 Å². The van der Waals surface area contributed by atoms with Crippen LogP contribution in [-0.2, 0) is 16.1 Å². The smallest absolute Gasteiger partial charge is 0.251 e. The third-order valence-corrected chi connectivity index (χ3v) is 4.21. The fourth-order valence-electron chi connectivity index (χ4n) is 2.87. The number of amides is 2. The number of fused-ring (bicyclic) bond motifs is 1. The van der Waals surface area contributed by atoms with Gasteiger partial charge in [0, 0.05) is 24.2 Å². The van der Waals surface area contributed by atoms with E-state index in [1.807, 2.05) is 0 Å². The molecular formula is C19H16F2N2O3. The Bertz CT molecular complexity index is 925. The summed E-state index contributed by atoms with van der Waals surface area (Å²) in [5.41, 5.74) is 0.696. The molecule has 1 aliphatic heterocycles. The van der Waals surface area contributed by atoms with Gasteiger partial charge in [-0.3, -0.25) is 9.59 Å². The molecule has 0 saturated carbocycles. The molecule has 7 heteroatoms. The van der Waals surface area contributed by atoms with E-state index in [1.54, 1.807) is 24.3 Å². The molecule has 0 radical (unpaired) electrons. The lowest BCUT2D eigenvalue weighted by Crippen LogP contribution is -2.32. The topological polar surface area (TPSA) is 69.6 Å². The Morgan fingerprint density at radius 1 is 1.23 bits per heavy atom. The maximum Gasteiger partial charge on any atom is 0.251 e. The molecule has 26 heavy (non-hydrogen) atoms. The highest BCUT2D eigenvalue weighted by atomic mass is 19.1. The third-order valence-electron chi connectivity index (χ3n) is 4.21. The third kappa shape index (κ3) is 3.15. The van der Waals surface area contributed by atoms with E-state index in [0.29, 0.717) is 11.3 Å². The molecule has 0 fully saturated rings. The quantitative estimate of drug-likeness (QED) is 0.886. The first-order chi connectivity index (χ1) is 12.4. The molecule has 1 aliphatic rings. The average molecular weight is 358 g/mol. The molecule has 0 spiro atoms. The maximum atomic E-state index is 14.0. The molecular weight excluding hydrogens is 342 g/mol. The van der Waals surface area contributed by atoms with Crippen LogP contribution in [0.2, 0.25) is 0 Å². The molecule has 0 unspecified atom stereocenters. The van der Waals surface area contributed by atoms with E-state index in [9.17, 15) is 23.5 Å². The van der Waals surface area contributed by atoms with Crippen LogP contribution in [0.4, 0.5) is 14.5 Å². The Kier molecular flexibility index (Phi) is 4.71. The SMILES string of the molecule is CNC(=O)C1=C(O)c2ccccc2N(Cc2ccc(F)cc2F)C(=O)C1. The molecule has 3 rings (SSSR count). The minimum atomic E-state index is -0.775. The summed E-state index contributed by atoms with van der Waals surface area (Å²) in [6.45, 7) is -0.156. The van der Waals surface area contributed by atoms with Crippen LogP contribution in [0.25, 0.3) is 5.76 Å². The minimum absolute atomic E-state index is 0.0629. The van der Waals surface area contributed by atoms with Crippen molar-refractivity contribution in [2.45, 2.75) is 13.0 Å². The summed E-state index contributed by atoms with van der Waals surface area (Å²) < 4.78 is 27.2. The van der Waals surface area contributed by atoms with Crippen LogP contribution in [0.3, 0.4) is 0 Å². The number of para-hydroxylation sites is 1. The molecule has 2 amide bonds. The standard InChI is InChI=1S/C19H16F2N2O3/c1-22-19(26)14-9-17(24)23(10-11-6-7-12(20)8-15(11)21)16-5-3-2-4-13(16)18(14)25/h2-8,25H,9-10H2,1H3,(H,22,26). The predicted molar refractivity (Wildman–Crippen MR) is 92.2 cm³/mol. The lowest BCUT2D eigenvalue weighted by molar-refractivity contribution is -0.121. The summed E-state index contributed by atoms with van der Waals surface area (Å²) in [6, 6.07) is 9.60. The summed E-state index contributed by atoms with van der Waals surface area (Å²) in [4.78, 5) is 26.1. The molecule has 5 nitrogen and oxygen atoms in total. The van der Waals surface area contributed by atoms with Crippen LogP contribution < -0.4 is 10.2 Å². The summed E-state index contributed by atoms with van der Waals surface area (Å²) in [6.07, 6.45) is -0.344. The van der Waals surface area contributed by atoms with Crippen molar-refractivity contribution >= 4 is 23.3 Å². The number of anilines is 1. The lowest BCUT2D eigenvalue weighted by atomic mass is 10.1. The summed E-state index contributed by atoms with van der Waals surface area (Å²) in [7, 11) is 1.40. The van der Waals surface area contributed by atoms with Gasteiger partial charge in [0.05, 0.1) is 24.2 Å². The van der Waals surface area contributed by atoms with E-state index in [0.717, 1.165) is 12.1 Å². The van der Waals surface area contributed by atoms with Gasteiger partial charge in [0.1, 0.15) is 17.4 Å². The zero-order valence-corrected chi connectivity index (χ0v) is 13.9. The van der Waals surface area contributed by atoms with Crippen molar-refractivity contribution in [3.05, 3.63) is 70.8 Å². The van der Waals surface area contributed by atoms with E-state index in [4.69, 9.17) is 0 Å². The maximum absolute atomic E-state index is 14.0. The Balaban J connectivity index is 2.08. The van der Waals surface area contributed by atoms with Gasteiger partial charge < -0.3 is 15.3 Å². The molecule has 0 aromatic heterocycles. The van der Waals surface area contributed by atoms with Gasteiger partial charge in [-0.1, -0.05) is 18.2 Å². The predicted octanol–water partition coefficient (Wildman–Crippen LogP) is 2.92. The molecule has 134 valence electrons. The number of carbonyl (C=O) groups is 2. The van der Waals surface area contributed by atoms with Gasteiger partial charge in [0.2, 0.25) is 5.91 Å². The van der Waals surface area contributed by atoms with Crippen LogP contribution in [0, 0.1) is 11.6 Å². The number of nitrogens with one attached hydrogen (secondary N) is 1. The van der Waals surface area contributed by atoms with Crippen molar-refractivity contribution in [3.8, 4) is 0 Å². The zero-order chi connectivity index (χ0) is 18.8. The normalized spacial score (nSPS) is 14.1. The fraction of sp³-hybridized carbons (Fsp3) is 0.158. The summed E-state index contributed by atoms with van der Waals surface area (Å²) in [5, 5.41) is 12.9. The van der Waals surface area contributed by atoms with Gasteiger partial charge in [-0.15, -0.1) is 0 Å². The van der Waals surface area contributed by atoms with E-state index in [1.165, 1.54) is 18.0 Å². The Hall–Kier alpha value is -3.22. The number of aliphatic hydroxyl groups is 1. The first kappa shape index (κ1) is 17.6. The molecule has 2 aromatic rings. The second-order valence-corrected chi connectivity index (χ2v) is 5.82. The number of rotatable bonds is 3. The van der Waals surface area contributed by atoms with Gasteiger partial charge in [-0.25, -0.2) is 8.78 Å². The van der Waals surface area contributed by atoms with Crippen LogP contribution >= 0.6 is 0 Å². The van der Waals surface area contributed by atoms with Gasteiger partial charge in [0.15, 0.2) is 0 Å². The number of likely N-dealkylation sites (N-methyl/N-ethyl adjacent to an activating group) is 1. The van der Waals surface area contributed by atoms with Crippen molar-refractivity contribution in [1.82, 2.24) is 5.32 Å². The lowest BCUT2D eigenvalue weighted by Gasteiger charge is -2.23. The van der Waals surface area contributed by atoms with Gasteiger partial charge in [0.25, 0.3) is 5.91 Å². The number of carbonyl (C=O) groups excluding carboxylic acids is 2. The van der Waals surface area contributed by atoms with Crippen molar-refractivity contribution in [1.29, 1.82) is 0 Å². The average Bonchev–Trinajstić information content (AvgIpc) is 2.73. The molecule has 0 aliphatic carbocycles. The van der Waals surface area contributed by atoms with Gasteiger partial charge >= 0.3 is 0 Å². The molecule has 0 atom stereocenters. The van der Waals surface area contributed by atoms with Crippen molar-refractivity contribution in [3.63, 3.8) is 0 Å². The van der Waals surface area contributed by atoms with E-state index < -0.39 is 23.4 Å². The number of hydrogen-bond donors (Lipinski definition) is 2. The molecule has 2 N–H and O–H groups in total.